The third kappa shape index (κ3) is 2.54. The molecule has 2 rings (SSSR count). The minimum atomic E-state index is -4.83. The van der Waals surface area contributed by atoms with Crippen LogP contribution in [0.3, 0.4) is 0 Å². The van der Waals surface area contributed by atoms with Gasteiger partial charge in [0, 0.05) is 5.39 Å². The SMILES string of the molecule is Nc1cc2c(O)cc(S(=O)(=O)[O-])cc2cc1S(=O)(=O)O. The summed E-state index contributed by atoms with van der Waals surface area (Å²) in [5.41, 5.74) is 5.11. The van der Waals surface area contributed by atoms with Crippen LogP contribution < -0.4 is 5.73 Å². The van der Waals surface area contributed by atoms with Crippen molar-refractivity contribution in [2.24, 2.45) is 0 Å². The van der Waals surface area contributed by atoms with E-state index in [1.807, 2.05) is 0 Å². The Bertz CT molecular complexity index is 916. The molecule has 0 aliphatic carbocycles. The van der Waals surface area contributed by atoms with E-state index in [9.17, 15) is 26.5 Å². The highest BCUT2D eigenvalue weighted by Gasteiger charge is 2.17. The molecule has 20 heavy (non-hydrogen) atoms. The van der Waals surface area contributed by atoms with E-state index in [-0.39, 0.29) is 16.5 Å². The van der Waals surface area contributed by atoms with Crippen LogP contribution in [0.4, 0.5) is 5.69 Å². The lowest BCUT2D eigenvalue weighted by atomic mass is 10.1. The maximum absolute atomic E-state index is 11.1. The first-order valence-corrected chi connectivity index (χ1v) is 7.84. The second-order valence-electron chi connectivity index (χ2n) is 3.98. The summed E-state index contributed by atoms with van der Waals surface area (Å²) in [5.74, 6) is -0.550. The fourth-order valence-corrected chi connectivity index (χ4v) is 2.89. The van der Waals surface area contributed by atoms with E-state index in [0.29, 0.717) is 0 Å². The third-order valence-electron chi connectivity index (χ3n) is 2.60. The van der Waals surface area contributed by atoms with Gasteiger partial charge in [0.05, 0.1) is 10.6 Å². The second-order valence-corrected chi connectivity index (χ2v) is 6.75. The van der Waals surface area contributed by atoms with Gasteiger partial charge in [0.15, 0.2) is 0 Å². The predicted octanol–water partition coefficient (Wildman–Crippen LogP) is 0.278. The fourth-order valence-electron chi connectivity index (χ4n) is 1.73. The summed E-state index contributed by atoms with van der Waals surface area (Å²) in [6, 6.07) is 3.53. The molecule has 0 saturated heterocycles. The summed E-state index contributed by atoms with van der Waals surface area (Å²) < 4.78 is 63.9. The normalized spacial score (nSPS) is 12.7. The Labute approximate surface area is 114 Å². The molecule has 0 unspecified atom stereocenters. The molecule has 0 amide bonds. The van der Waals surface area contributed by atoms with Crippen molar-refractivity contribution >= 4 is 36.7 Å². The van der Waals surface area contributed by atoms with Gasteiger partial charge in [-0.05, 0) is 29.7 Å². The molecule has 4 N–H and O–H groups in total. The Kier molecular flexibility index (Phi) is 3.13. The average molecular weight is 318 g/mol. The van der Waals surface area contributed by atoms with E-state index in [2.05, 4.69) is 0 Å². The third-order valence-corrected chi connectivity index (χ3v) is 4.32. The minimum absolute atomic E-state index is 0.0438. The number of phenolic OH excluding ortho intramolecular Hbond substituents is 1. The Morgan fingerprint density at radius 3 is 2.15 bits per heavy atom. The molecule has 0 radical (unpaired) electrons. The first-order chi connectivity index (χ1) is 9.00. The summed E-state index contributed by atoms with van der Waals surface area (Å²) in [4.78, 5) is -1.38. The zero-order valence-electron chi connectivity index (χ0n) is 9.64. The maximum atomic E-state index is 11.1. The monoisotopic (exact) mass is 318 g/mol. The number of anilines is 1. The first-order valence-electron chi connectivity index (χ1n) is 5.00. The number of fused-ring (bicyclic) bond motifs is 1. The molecule has 0 fully saturated rings. The summed E-state index contributed by atoms with van der Waals surface area (Å²) in [6.07, 6.45) is 0. The van der Waals surface area contributed by atoms with Gasteiger partial charge < -0.3 is 15.4 Å². The van der Waals surface area contributed by atoms with Crippen molar-refractivity contribution in [3.63, 3.8) is 0 Å². The number of nitrogens with two attached hydrogens (primary N) is 1. The number of nitrogen functional groups attached to an aromatic ring is 1. The van der Waals surface area contributed by atoms with Crippen LogP contribution in [-0.2, 0) is 20.2 Å². The van der Waals surface area contributed by atoms with Crippen molar-refractivity contribution < 1.29 is 31.0 Å². The van der Waals surface area contributed by atoms with E-state index in [4.69, 9.17) is 10.3 Å². The fraction of sp³-hybridized carbons (Fsp3) is 0. The summed E-state index contributed by atoms with van der Waals surface area (Å²) in [7, 11) is -9.45. The van der Waals surface area contributed by atoms with E-state index in [0.717, 1.165) is 24.3 Å². The molecule has 0 spiro atoms. The van der Waals surface area contributed by atoms with Gasteiger partial charge in [-0.3, -0.25) is 4.55 Å². The van der Waals surface area contributed by atoms with Crippen molar-refractivity contribution in [2.45, 2.75) is 9.79 Å². The maximum Gasteiger partial charge on any atom is 0.296 e. The van der Waals surface area contributed by atoms with Gasteiger partial charge in [-0.2, -0.15) is 8.42 Å². The lowest BCUT2D eigenvalue weighted by Gasteiger charge is -2.11. The van der Waals surface area contributed by atoms with Gasteiger partial charge in [-0.25, -0.2) is 8.42 Å². The molecule has 2 aromatic carbocycles. The van der Waals surface area contributed by atoms with Crippen molar-refractivity contribution in [1.82, 2.24) is 0 Å². The summed E-state index contributed by atoms with van der Waals surface area (Å²) in [5, 5.41) is 9.64. The second kappa shape index (κ2) is 4.31. The Hall–Kier alpha value is -1.88. The van der Waals surface area contributed by atoms with Crippen LogP contribution in [0.15, 0.2) is 34.1 Å². The van der Waals surface area contributed by atoms with Gasteiger partial charge in [-0.15, -0.1) is 0 Å². The van der Waals surface area contributed by atoms with E-state index < -0.39 is 35.8 Å². The quantitative estimate of drug-likeness (QED) is 0.526. The number of benzene rings is 2. The van der Waals surface area contributed by atoms with Crippen molar-refractivity contribution in [1.29, 1.82) is 0 Å². The Balaban J connectivity index is 2.93. The van der Waals surface area contributed by atoms with Crippen molar-refractivity contribution in [3.8, 4) is 5.75 Å². The number of phenols is 1. The largest absolute Gasteiger partial charge is 0.744 e. The van der Waals surface area contributed by atoms with Crippen LogP contribution in [0.2, 0.25) is 0 Å². The van der Waals surface area contributed by atoms with E-state index in [1.54, 1.807) is 0 Å². The Morgan fingerprint density at radius 1 is 1.05 bits per heavy atom. The van der Waals surface area contributed by atoms with Crippen LogP contribution in [0.25, 0.3) is 10.8 Å². The van der Waals surface area contributed by atoms with Crippen LogP contribution in [0.5, 0.6) is 5.75 Å². The summed E-state index contributed by atoms with van der Waals surface area (Å²) >= 11 is 0. The zero-order chi connectivity index (χ0) is 15.3. The molecule has 0 saturated carbocycles. The number of hydrogen-bond donors (Lipinski definition) is 3. The molecular formula is C10H8NO7S2-. The minimum Gasteiger partial charge on any atom is -0.744 e. The van der Waals surface area contributed by atoms with Crippen LogP contribution in [-0.4, -0.2) is 31.0 Å². The molecule has 2 aromatic rings. The van der Waals surface area contributed by atoms with Crippen LogP contribution >= 0.6 is 0 Å². The van der Waals surface area contributed by atoms with Crippen LogP contribution in [0, 0.1) is 0 Å². The van der Waals surface area contributed by atoms with E-state index >= 15 is 0 Å². The topological polar surface area (TPSA) is 158 Å². The smallest absolute Gasteiger partial charge is 0.296 e. The highest BCUT2D eigenvalue weighted by atomic mass is 32.2. The number of hydrogen-bond acceptors (Lipinski definition) is 7. The average Bonchev–Trinajstić information content (AvgIpc) is 2.26. The molecule has 0 atom stereocenters. The van der Waals surface area contributed by atoms with Gasteiger partial charge in [0.25, 0.3) is 10.1 Å². The molecule has 108 valence electrons. The molecule has 0 aromatic heterocycles. The lowest BCUT2D eigenvalue weighted by Crippen LogP contribution is -2.04. The van der Waals surface area contributed by atoms with Gasteiger partial charge in [0.2, 0.25) is 0 Å². The van der Waals surface area contributed by atoms with Crippen LogP contribution in [0.1, 0.15) is 0 Å². The Morgan fingerprint density at radius 2 is 1.65 bits per heavy atom. The highest BCUT2D eigenvalue weighted by molar-refractivity contribution is 7.86. The molecule has 0 aliphatic heterocycles. The zero-order valence-corrected chi connectivity index (χ0v) is 11.3. The van der Waals surface area contributed by atoms with Crippen molar-refractivity contribution in [2.75, 3.05) is 5.73 Å². The molecule has 8 nitrogen and oxygen atoms in total. The van der Waals surface area contributed by atoms with E-state index in [1.165, 1.54) is 0 Å². The van der Waals surface area contributed by atoms with Gasteiger partial charge >= 0.3 is 0 Å². The van der Waals surface area contributed by atoms with Gasteiger partial charge in [0.1, 0.15) is 20.8 Å². The first kappa shape index (κ1) is 14.5. The highest BCUT2D eigenvalue weighted by Crippen LogP contribution is 2.33. The molecular weight excluding hydrogens is 310 g/mol. The predicted molar refractivity (Wildman–Crippen MR) is 67.8 cm³/mol. The van der Waals surface area contributed by atoms with Gasteiger partial charge in [-0.1, -0.05) is 0 Å². The van der Waals surface area contributed by atoms with Crippen molar-refractivity contribution in [3.05, 3.63) is 24.3 Å². The molecule has 0 bridgehead atoms. The summed E-state index contributed by atoms with van der Waals surface area (Å²) in [6.45, 7) is 0. The standard InChI is InChI=1S/C10H9NO7S2/c11-8-4-7-5(2-10(8)20(16,17)18)1-6(3-9(7)12)19(13,14)15/h1-4,12H,11H2,(H,13,14,15)(H,16,17,18)/p-1. The molecule has 0 heterocycles. The molecule has 0 aliphatic rings. The molecule has 10 heteroatoms. The number of rotatable bonds is 2. The lowest BCUT2D eigenvalue weighted by molar-refractivity contribution is 0.458. The number of aromatic hydroxyl groups is 1.